The van der Waals surface area contributed by atoms with E-state index in [1.165, 1.54) is 37.4 Å². The molecule has 1 heterocycles. The first-order valence-electron chi connectivity index (χ1n) is 7.62. The van der Waals surface area contributed by atoms with E-state index in [0.29, 0.717) is 5.56 Å². The molecule has 0 saturated heterocycles. The maximum atomic E-state index is 12.8. The zero-order valence-electron chi connectivity index (χ0n) is 13.9. The Morgan fingerprint density at radius 1 is 1.08 bits per heavy atom. The zero-order valence-corrected chi connectivity index (χ0v) is 13.9. The van der Waals surface area contributed by atoms with Gasteiger partial charge in [0.25, 0.3) is 0 Å². The summed E-state index contributed by atoms with van der Waals surface area (Å²) in [6.45, 7) is 1.14. The third-order valence-electron chi connectivity index (χ3n) is 3.95. The number of phenols is 3. The molecule has 8 heteroatoms. The van der Waals surface area contributed by atoms with Crippen LogP contribution in [0.5, 0.6) is 28.7 Å². The van der Waals surface area contributed by atoms with Gasteiger partial charge in [0.1, 0.15) is 22.8 Å². The molecule has 0 unspecified atom stereocenters. The van der Waals surface area contributed by atoms with Crippen molar-refractivity contribution in [2.75, 3.05) is 7.11 Å². The molecule has 0 bridgehead atoms. The molecule has 0 aromatic heterocycles. The molecule has 0 spiro atoms. The van der Waals surface area contributed by atoms with Gasteiger partial charge < -0.3 is 29.5 Å². The first-order valence-corrected chi connectivity index (χ1v) is 7.62. The van der Waals surface area contributed by atoms with E-state index in [-0.39, 0.29) is 28.6 Å². The second kappa shape index (κ2) is 6.47. The van der Waals surface area contributed by atoms with Crippen LogP contribution >= 0.6 is 0 Å². The summed E-state index contributed by atoms with van der Waals surface area (Å²) in [5.41, 5.74) is 0.171. The van der Waals surface area contributed by atoms with Crippen LogP contribution in [-0.4, -0.2) is 40.3 Å². The third kappa shape index (κ3) is 2.97. The van der Waals surface area contributed by atoms with E-state index in [2.05, 4.69) is 0 Å². The van der Waals surface area contributed by atoms with Crippen molar-refractivity contribution in [1.82, 2.24) is 0 Å². The highest BCUT2D eigenvalue weighted by Gasteiger charge is 2.42. The summed E-state index contributed by atoms with van der Waals surface area (Å²) in [6.07, 6.45) is -2.46. The summed E-state index contributed by atoms with van der Waals surface area (Å²) in [4.78, 5) is 24.3. The molecule has 2 aromatic rings. The van der Waals surface area contributed by atoms with Crippen LogP contribution in [0.25, 0.3) is 0 Å². The fraction of sp³-hybridized carbons (Fsp3) is 0.222. The fourth-order valence-corrected chi connectivity index (χ4v) is 2.77. The Bertz CT molecular complexity index is 889. The average Bonchev–Trinajstić information content (AvgIpc) is 2.58. The van der Waals surface area contributed by atoms with Crippen LogP contribution in [0.4, 0.5) is 0 Å². The van der Waals surface area contributed by atoms with E-state index in [4.69, 9.17) is 14.2 Å². The number of benzene rings is 2. The molecule has 3 N–H and O–H groups in total. The minimum atomic E-state index is -1.37. The van der Waals surface area contributed by atoms with Gasteiger partial charge in [-0.05, 0) is 12.1 Å². The van der Waals surface area contributed by atoms with Crippen LogP contribution in [-0.2, 0) is 9.53 Å². The van der Waals surface area contributed by atoms with Crippen molar-refractivity contribution < 1.29 is 39.1 Å². The van der Waals surface area contributed by atoms with Gasteiger partial charge in [-0.2, -0.15) is 0 Å². The molecule has 2 aromatic carbocycles. The molecule has 2 atom stereocenters. The molecule has 136 valence electrons. The van der Waals surface area contributed by atoms with E-state index in [9.17, 15) is 24.9 Å². The molecule has 0 radical (unpaired) electrons. The van der Waals surface area contributed by atoms with Crippen molar-refractivity contribution in [3.63, 3.8) is 0 Å². The number of hydrogen-bond donors (Lipinski definition) is 3. The van der Waals surface area contributed by atoms with Crippen LogP contribution < -0.4 is 9.47 Å². The molecule has 3 rings (SSSR count). The lowest BCUT2D eigenvalue weighted by Crippen LogP contribution is -2.39. The summed E-state index contributed by atoms with van der Waals surface area (Å²) < 4.78 is 16.0. The Morgan fingerprint density at radius 3 is 2.42 bits per heavy atom. The summed E-state index contributed by atoms with van der Waals surface area (Å²) in [5, 5.41) is 29.3. The SMILES string of the molecule is COc1cc(O)c2c(c1)O[C@@H](c1ccc(O)c(O)c1)[C@@H](OC(C)=O)C2=O. The number of carbonyl (C=O) groups is 2. The summed E-state index contributed by atoms with van der Waals surface area (Å²) in [7, 11) is 1.39. The molecule has 0 saturated carbocycles. The lowest BCUT2D eigenvalue weighted by atomic mass is 9.92. The Morgan fingerprint density at radius 2 is 1.81 bits per heavy atom. The summed E-state index contributed by atoms with van der Waals surface area (Å²) >= 11 is 0. The standard InChI is InChI=1S/C18H16O8/c1-8(19)25-18-16(23)15-13(22)6-10(24-2)7-14(15)26-17(18)9-3-4-11(20)12(21)5-9/h3-7,17-18,20-22H,1-2H3/t17-,18-/m0/s1. The normalized spacial score (nSPS) is 18.6. The van der Waals surface area contributed by atoms with Crippen LogP contribution in [0, 0.1) is 0 Å². The number of esters is 1. The smallest absolute Gasteiger partial charge is 0.303 e. The zero-order chi connectivity index (χ0) is 19.0. The number of hydrogen-bond acceptors (Lipinski definition) is 8. The number of rotatable bonds is 3. The quantitative estimate of drug-likeness (QED) is 0.561. The van der Waals surface area contributed by atoms with E-state index >= 15 is 0 Å². The number of fused-ring (bicyclic) bond motifs is 1. The number of phenolic OH excluding ortho intramolecular Hbond substituents is 3. The number of ketones is 1. The van der Waals surface area contributed by atoms with E-state index < -0.39 is 29.7 Å². The minimum absolute atomic E-state index is 0.0489. The highest BCUT2D eigenvalue weighted by atomic mass is 16.6. The van der Waals surface area contributed by atoms with Crippen LogP contribution in [0.3, 0.4) is 0 Å². The lowest BCUT2D eigenvalue weighted by Gasteiger charge is -2.32. The molecule has 0 aliphatic carbocycles. The maximum absolute atomic E-state index is 12.8. The predicted octanol–water partition coefficient (Wildman–Crippen LogP) is 2.06. The summed E-state index contributed by atoms with van der Waals surface area (Å²) in [6, 6.07) is 6.52. The topological polar surface area (TPSA) is 123 Å². The van der Waals surface area contributed by atoms with Crippen molar-refractivity contribution in [3.8, 4) is 28.7 Å². The molecule has 1 aliphatic heterocycles. The van der Waals surface area contributed by atoms with Crippen molar-refractivity contribution in [3.05, 3.63) is 41.5 Å². The van der Waals surface area contributed by atoms with E-state index in [0.717, 1.165) is 6.92 Å². The van der Waals surface area contributed by atoms with Gasteiger partial charge in [0, 0.05) is 24.6 Å². The van der Waals surface area contributed by atoms with Gasteiger partial charge in [0.2, 0.25) is 11.9 Å². The molecule has 26 heavy (non-hydrogen) atoms. The van der Waals surface area contributed by atoms with E-state index in [1.54, 1.807) is 0 Å². The summed E-state index contributed by atoms with van der Waals surface area (Å²) in [5.74, 6) is -2.18. The Kier molecular flexibility index (Phi) is 4.33. The van der Waals surface area contributed by atoms with Crippen LogP contribution in [0.15, 0.2) is 30.3 Å². The lowest BCUT2D eigenvalue weighted by molar-refractivity contribution is -0.148. The van der Waals surface area contributed by atoms with Gasteiger partial charge in [0.05, 0.1) is 7.11 Å². The molecule has 0 amide bonds. The number of aromatic hydroxyl groups is 3. The van der Waals surface area contributed by atoms with Gasteiger partial charge in [-0.1, -0.05) is 6.07 Å². The average molecular weight is 360 g/mol. The highest BCUT2D eigenvalue weighted by molar-refractivity contribution is 6.06. The number of ether oxygens (including phenoxy) is 3. The van der Waals surface area contributed by atoms with Gasteiger partial charge >= 0.3 is 5.97 Å². The molecular formula is C18H16O8. The fourth-order valence-electron chi connectivity index (χ4n) is 2.77. The van der Waals surface area contributed by atoms with Crippen molar-refractivity contribution in [2.45, 2.75) is 19.1 Å². The second-order valence-electron chi connectivity index (χ2n) is 5.70. The van der Waals surface area contributed by atoms with Gasteiger partial charge in [-0.25, -0.2) is 0 Å². The van der Waals surface area contributed by atoms with Crippen LogP contribution in [0.2, 0.25) is 0 Å². The number of carbonyl (C=O) groups excluding carboxylic acids is 2. The van der Waals surface area contributed by atoms with Gasteiger partial charge in [0.15, 0.2) is 17.6 Å². The number of Topliss-reactive ketones (excluding diaryl/α,β-unsaturated/α-hetero) is 1. The second-order valence-corrected chi connectivity index (χ2v) is 5.70. The van der Waals surface area contributed by atoms with Crippen molar-refractivity contribution >= 4 is 11.8 Å². The minimum Gasteiger partial charge on any atom is -0.507 e. The van der Waals surface area contributed by atoms with Crippen molar-refractivity contribution in [1.29, 1.82) is 0 Å². The van der Waals surface area contributed by atoms with E-state index in [1.807, 2.05) is 0 Å². The predicted molar refractivity (Wildman–Crippen MR) is 87.7 cm³/mol. The van der Waals surface area contributed by atoms with Crippen molar-refractivity contribution in [2.24, 2.45) is 0 Å². The van der Waals surface area contributed by atoms with Gasteiger partial charge in [-0.15, -0.1) is 0 Å². The molecular weight excluding hydrogens is 344 g/mol. The Hall–Kier alpha value is -3.42. The Balaban J connectivity index is 2.13. The first-order chi connectivity index (χ1) is 12.3. The molecule has 8 nitrogen and oxygen atoms in total. The van der Waals surface area contributed by atoms with Crippen LogP contribution in [0.1, 0.15) is 28.9 Å². The number of methoxy groups -OCH3 is 1. The molecule has 0 fully saturated rings. The largest absolute Gasteiger partial charge is 0.507 e. The third-order valence-corrected chi connectivity index (χ3v) is 3.95. The molecule has 1 aliphatic rings. The monoisotopic (exact) mass is 360 g/mol. The maximum Gasteiger partial charge on any atom is 0.303 e. The Labute approximate surface area is 148 Å². The first kappa shape index (κ1) is 17.4. The highest BCUT2D eigenvalue weighted by Crippen LogP contribution is 2.43. The van der Waals surface area contributed by atoms with Gasteiger partial charge in [-0.3, -0.25) is 9.59 Å².